The summed E-state index contributed by atoms with van der Waals surface area (Å²) in [6.45, 7) is 1.99. The largest absolute Gasteiger partial charge is 0.324 e. The monoisotopic (exact) mass is 208 g/mol. The average molecular weight is 209 g/mol. The topological polar surface area (TPSA) is 38.9 Å². The van der Waals surface area contributed by atoms with E-state index in [0.717, 1.165) is 10.9 Å². The van der Waals surface area contributed by atoms with E-state index in [0.29, 0.717) is 0 Å². The maximum Gasteiger partial charge on any atom is 0.0349 e. The van der Waals surface area contributed by atoms with E-state index < -0.39 is 0 Å². The van der Waals surface area contributed by atoms with Crippen molar-refractivity contribution >= 4 is 23.2 Å². The smallest absolute Gasteiger partial charge is 0.0349 e. The Balaban J connectivity index is 0.000000980. The summed E-state index contributed by atoms with van der Waals surface area (Å²) >= 11 is 0. The van der Waals surface area contributed by atoms with Gasteiger partial charge in [0.2, 0.25) is 0 Å². The van der Waals surface area contributed by atoms with E-state index in [1.165, 1.54) is 5.39 Å². The highest BCUT2D eigenvalue weighted by atomic mass is 35.5. The average Bonchev–Trinajstić information content (AvgIpc) is 2.17. The molecule has 0 radical (unpaired) electrons. The minimum Gasteiger partial charge on any atom is -0.324 e. The molecule has 0 aliphatic rings. The molecule has 0 unspecified atom stereocenters. The second-order valence-corrected chi connectivity index (χ2v) is 3.23. The standard InChI is InChI=1S/C11H12N2.ClH/c1-8(12)10-4-2-3-9-5-6-13-7-11(9)10;/h2-8H,12H2,1H3;1H/t8-;/m1./s1. The first kappa shape index (κ1) is 11.0. The van der Waals surface area contributed by atoms with Crippen molar-refractivity contribution in [3.05, 3.63) is 42.2 Å². The van der Waals surface area contributed by atoms with Gasteiger partial charge in [0.05, 0.1) is 0 Å². The van der Waals surface area contributed by atoms with Crippen molar-refractivity contribution in [2.24, 2.45) is 5.73 Å². The number of aromatic nitrogens is 1. The van der Waals surface area contributed by atoms with E-state index in [4.69, 9.17) is 5.73 Å². The fourth-order valence-electron chi connectivity index (χ4n) is 1.53. The third-order valence-corrected chi connectivity index (χ3v) is 2.21. The van der Waals surface area contributed by atoms with Crippen molar-refractivity contribution in [1.82, 2.24) is 4.98 Å². The first-order chi connectivity index (χ1) is 6.29. The summed E-state index contributed by atoms with van der Waals surface area (Å²) < 4.78 is 0. The lowest BCUT2D eigenvalue weighted by molar-refractivity contribution is 0.826. The van der Waals surface area contributed by atoms with Crippen LogP contribution in [0.25, 0.3) is 10.8 Å². The highest BCUT2D eigenvalue weighted by molar-refractivity contribution is 5.85. The molecule has 3 heteroatoms. The summed E-state index contributed by atoms with van der Waals surface area (Å²) in [5.74, 6) is 0. The van der Waals surface area contributed by atoms with Crippen LogP contribution in [0.1, 0.15) is 18.5 Å². The second-order valence-electron chi connectivity index (χ2n) is 3.23. The molecule has 0 fully saturated rings. The van der Waals surface area contributed by atoms with Gasteiger partial charge in [0.1, 0.15) is 0 Å². The number of benzene rings is 1. The van der Waals surface area contributed by atoms with Crippen LogP contribution in [0.2, 0.25) is 0 Å². The molecule has 74 valence electrons. The molecule has 0 saturated carbocycles. The molecule has 0 amide bonds. The molecule has 0 bridgehead atoms. The highest BCUT2D eigenvalue weighted by Crippen LogP contribution is 2.21. The van der Waals surface area contributed by atoms with E-state index in [2.05, 4.69) is 17.1 Å². The Morgan fingerprint density at radius 3 is 2.79 bits per heavy atom. The lowest BCUT2D eigenvalue weighted by Crippen LogP contribution is -2.05. The molecule has 14 heavy (non-hydrogen) atoms. The molecule has 1 atom stereocenters. The minimum absolute atomic E-state index is 0. The zero-order valence-electron chi connectivity index (χ0n) is 7.97. The highest BCUT2D eigenvalue weighted by Gasteiger charge is 2.03. The number of nitrogens with two attached hydrogens (primary N) is 1. The number of nitrogens with zero attached hydrogens (tertiary/aromatic N) is 1. The van der Waals surface area contributed by atoms with E-state index in [-0.39, 0.29) is 18.4 Å². The van der Waals surface area contributed by atoms with Crippen LogP contribution in [0.4, 0.5) is 0 Å². The van der Waals surface area contributed by atoms with E-state index in [9.17, 15) is 0 Å². The van der Waals surface area contributed by atoms with Crippen LogP contribution in [-0.2, 0) is 0 Å². The molecule has 1 aromatic heterocycles. The number of hydrogen-bond donors (Lipinski definition) is 1. The van der Waals surface area contributed by atoms with Crippen LogP contribution >= 0.6 is 12.4 Å². The molecule has 2 N–H and O–H groups in total. The third-order valence-electron chi connectivity index (χ3n) is 2.21. The molecule has 2 nitrogen and oxygen atoms in total. The van der Waals surface area contributed by atoms with Gasteiger partial charge in [-0.25, -0.2) is 0 Å². The van der Waals surface area contributed by atoms with Crippen LogP contribution in [0, 0.1) is 0 Å². The Kier molecular flexibility index (Phi) is 3.44. The van der Waals surface area contributed by atoms with Gasteiger partial charge in [-0.2, -0.15) is 0 Å². The lowest BCUT2D eigenvalue weighted by atomic mass is 10.0. The van der Waals surface area contributed by atoms with E-state index in [1.54, 1.807) is 6.20 Å². The van der Waals surface area contributed by atoms with Crippen molar-refractivity contribution in [2.75, 3.05) is 0 Å². The number of pyridine rings is 1. The molecular formula is C11H13ClN2. The Bertz CT molecular complexity index is 421. The first-order valence-electron chi connectivity index (χ1n) is 4.37. The van der Waals surface area contributed by atoms with Gasteiger partial charge < -0.3 is 5.73 Å². The number of fused-ring (bicyclic) bond motifs is 1. The predicted molar refractivity (Wildman–Crippen MR) is 61.6 cm³/mol. The molecule has 1 heterocycles. The molecule has 1 aromatic carbocycles. The van der Waals surface area contributed by atoms with Gasteiger partial charge in [-0.15, -0.1) is 12.4 Å². The van der Waals surface area contributed by atoms with Crippen LogP contribution in [0.5, 0.6) is 0 Å². The van der Waals surface area contributed by atoms with Gasteiger partial charge in [0, 0.05) is 23.8 Å². The molecule has 0 aliphatic carbocycles. The maximum atomic E-state index is 5.85. The minimum atomic E-state index is 0. The Hall–Kier alpha value is -1.12. The molecule has 2 rings (SSSR count). The summed E-state index contributed by atoms with van der Waals surface area (Å²) in [4.78, 5) is 4.10. The Morgan fingerprint density at radius 1 is 1.29 bits per heavy atom. The number of halogens is 1. The van der Waals surface area contributed by atoms with Crippen LogP contribution < -0.4 is 5.73 Å². The summed E-state index contributed by atoms with van der Waals surface area (Å²) in [5.41, 5.74) is 7.01. The van der Waals surface area contributed by atoms with Crippen LogP contribution in [0.3, 0.4) is 0 Å². The maximum absolute atomic E-state index is 5.85. The van der Waals surface area contributed by atoms with Gasteiger partial charge in [-0.3, -0.25) is 4.98 Å². The SMILES string of the molecule is C[C@@H](N)c1cccc2ccncc12.Cl. The summed E-state index contributed by atoms with van der Waals surface area (Å²) in [6, 6.07) is 8.22. The van der Waals surface area contributed by atoms with Gasteiger partial charge in [-0.1, -0.05) is 18.2 Å². The first-order valence-corrected chi connectivity index (χ1v) is 4.37. The summed E-state index contributed by atoms with van der Waals surface area (Å²) in [5, 5.41) is 2.35. The van der Waals surface area contributed by atoms with Gasteiger partial charge >= 0.3 is 0 Å². The van der Waals surface area contributed by atoms with Crippen molar-refractivity contribution in [1.29, 1.82) is 0 Å². The number of rotatable bonds is 1. The van der Waals surface area contributed by atoms with E-state index >= 15 is 0 Å². The van der Waals surface area contributed by atoms with Gasteiger partial charge in [0.25, 0.3) is 0 Å². The zero-order valence-corrected chi connectivity index (χ0v) is 8.79. The quantitative estimate of drug-likeness (QED) is 0.783. The predicted octanol–water partition coefficient (Wildman–Crippen LogP) is 2.68. The molecule has 2 aromatic rings. The zero-order chi connectivity index (χ0) is 9.26. The van der Waals surface area contributed by atoms with Crippen molar-refractivity contribution in [2.45, 2.75) is 13.0 Å². The molecular weight excluding hydrogens is 196 g/mol. The molecule has 0 saturated heterocycles. The Morgan fingerprint density at radius 2 is 2.07 bits per heavy atom. The summed E-state index contributed by atoms with van der Waals surface area (Å²) in [7, 11) is 0. The third kappa shape index (κ3) is 1.86. The van der Waals surface area contributed by atoms with Crippen LogP contribution in [-0.4, -0.2) is 4.98 Å². The fourth-order valence-corrected chi connectivity index (χ4v) is 1.53. The second kappa shape index (κ2) is 4.40. The van der Waals surface area contributed by atoms with Gasteiger partial charge in [-0.05, 0) is 23.9 Å². The van der Waals surface area contributed by atoms with E-state index in [1.807, 2.05) is 25.3 Å². The lowest BCUT2D eigenvalue weighted by Gasteiger charge is -2.08. The van der Waals surface area contributed by atoms with Crippen LogP contribution in [0.15, 0.2) is 36.7 Å². The fraction of sp³-hybridized carbons (Fsp3) is 0.182. The van der Waals surface area contributed by atoms with Gasteiger partial charge in [0.15, 0.2) is 0 Å². The Labute approximate surface area is 89.6 Å². The molecule has 0 aliphatic heterocycles. The van der Waals surface area contributed by atoms with Crippen molar-refractivity contribution < 1.29 is 0 Å². The normalized spacial score (nSPS) is 12.1. The van der Waals surface area contributed by atoms with Crippen molar-refractivity contribution in [3.8, 4) is 0 Å². The molecule has 0 spiro atoms. The number of hydrogen-bond acceptors (Lipinski definition) is 2. The summed E-state index contributed by atoms with van der Waals surface area (Å²) in [6.07, 6.45) is 3.67. The van der Waals surface area contributed by atoms with Crippen molar-refractivity contribution in [3.63, 3.8) is 0 Å².